The molecule has 6 heteroatoms. The maximum Gasteiger partial charge on any atom is 0.163 e. The van der Waals surface area contributed by atoms with Crippen molar-refractivity contribution in [1.29, 1.82) is 0 Å². The highest BCUT2D eigenvalue weighted by molar-refractivity contribution is 5.62. The van der Waals surface area contributed by atoms with Crippen LogP contribution in [-0.2, 0) is 0 Å². The second kappa shape index (κ2) is 8.07. The molecule has 0 amide bonds. The van der Waals surface area contributed by atoms with Crippen molar-refractivity contribution in [2.45, 2.75) is 26.3 Å². The molecule has 3 aromatic rings. The van der Waals surface area contributed by atoms with Gasteiger partial charge in [-0.3, -0.25) is 0 Å². The second-order valence-corrected chi connectivity index (χ2v) is 8.34. The van der Waals surface area contributed by atoms with Crippen LogP contribution in [0.4, 0.5) is 17.5 Å². The van der Waals surface area contributed by atoms with Crippen molar-refractivity contribution in [3.63, 3.8) is 0 Å². The van der Waals surface area contributed by atoms with Crippen molar-refractivity contribution in [2.24, 2.45) is 0 Å². The van der Waals surface area contributed by atoms with Crippen LogP contribution in [0.2, 0.25) is 0 Å². The fourth-order valence-corrected chi connectivity index (χ4v) is 3.47. The molecule has 2 aromatic heterocycles. The zero-order valence-corrected chi connectivity index (χ0v) is 17.3. The van der Waals surface area contributed by atoms with Crippen molar-refractivity contribution in [2.75, 3.05) is 41.3 Å². The molecule has 0 radical (unpaired) electrons. The molecule has 0 unspecified atom stereocenters. The number of piperazine rings is 1. The molecule has 1 aromatic carbocycles. The third kappa shape index (κ3) is 4.83. The van der Waals surface area contributed by atoms with Gasteiger partial charge in [0.25, 0.3) is 0 Å². The summed E-state index contributed by atoms with van der Waals surface area (Å²) < 4.78 is 0. The van der Waals surface area contributed by atoms with E-state index in [1.807, 2.05) is 36.5 Å². The summed E-state index contributed by atoms with van der Waals surface area (Å²) in [4.78, 5) is 18.8. The first kappa shape index (κ1) is 19.2. The van der Waals surface area contributed by atoms with Crippen molar-refractivity contribution < 1.29 is 0 Å². The van der Waals surface area contributed by atoms with Gasteiger partial charge in [0.1, 0.15) is 17.5 Å². The number of hydrogen-bond acceptors (Lipinski definition) is 6. The Morgan fingerprint density at radius 3 is 2.07 bits per heavy atom. The Morgan fingerprint density at radius 1 is 0.793 bits per heavy atom. The molecule has 6 nitrogen and oxygen atoms in total. The van der Waals surface area contributed by atoms with E-state index in [0.29, 0.717) is 0 Å². The van der Waals surface area contributed by atoms with Crippen LogP contribution in [0.5, 0.6) is 0 Å². The predicted molar refractivity (Wildman–Crippen MR) is 120 cm³/mol. The van der Waals surface area contributed by atoms with Crippen LogP contribution in [0.15, 0.2) is 60.8 Å². The Labute approximate surface area is 172 Å². The van der Waals surface area contributed by atoms with E-state index in [0.717, 1.165) is 55.0 Å². The number of hydrogen-bond donors (Lipinski definition) is 1. The molecule has 1 saturated heterocycles. The number of aromatic nitrogens is 3. The van der Waals surface area contributed by atoms with Gasteiger partial charge in [-0.2, -0.15) is 0 Å². The van der Waals surface area contributed by atoms with Gasteiger partial charge in [-0.1, -0.05) is 36.4 Å². The van der Waals surface area contributed by atoms with E-state index >= 15 is 0 Å². The summed E-state index contributed by atoms with van der Waals surface area (Å²) in [6, 6.07) is 18.3. The molecule has 1 aliphatic rings. The van der Waals surface area contributed by atoms with Crippen LogP contribution < -0.4 is 15.1 Å². The standard InChI is InChI=1S/C23H28N6/c1-23(2,3)27-19-17-21(26-22(25-19)18-9-5-4-6-10-18)29-15-13-28(14-16-29)20-11-7-8-12-24-20/h4-12,17H,13-16H2,1-3H3,(H,25,26,27). The Bertz CT molecular complexity index is 929. The van der Waals surface area contributed by atoms with E-state index in [-0.39, 0.29) is 5.54 Å². The minimum absolute atomic E-state index is 0.0722. The monoisotopic (exact) mass is 388 g/mol. The molecule has 0 aliphatic carbocycles. The molecule has 4 rings (SSSR count). The smallest absolute Gasteiger partial charge is 0.163 e. The molecule has 29 heavy (non-hydrogen) atoms. The molecule has 0 bridgehead atoms. The molecule has 0 spiro atoms. The molecule has 0 atom stereocenters. The normalized spacial score (nSPS) is 14.7. The van der Waals surface area contributed by atoms with E-state index in [1.165, 1.54) is 0 Å². The predicted octanol–water partition coefficient (Wildman–Crippen LogP) is 4.08. The lowest BCUT2D eigenvalue weighted by Crippen LogP contribution is -2.47. The topological polar surface area (TPSA) is 57.2 Å². The number of nitrogens with one attached hydrogen (secondary N) is 1. The summed E-state index contributed by atoms with van der Waals surface area (Å²) in [5.41, 5.74) is 0.954. The van der Waals surface area contributed by atoms with Gasteiger partial charge in [0.15, 0.2) is 5.82 Å². The fraction of sp³-hybridized carbons (Fsp3) is 0.348. The zero-order chi connectivity index (χ0) is 20.3. The molecule has 0 saturated carbocycles. The number of nitrogens with zero attached hydrogens (tertiary/aromatic N) is 5. The van der Waals surface area contributed by atoms with E-state index in [4.69, 9.17) is 9.97 Å². The van der Waals surface area contributed by atoms with Gasteiger partial charge >= 0.3 is 0 Å². The third-order valence-corrected chi connectivity index (χ3v) is 4.82. The van der Waals surface area contributed by atoms with Gasteiger partial charge in [0.05, 0.1) is 0 Å². The second-order valence-electron chi connectivity index (χ2n) is 8.34. The SMILES string of the molecule is CC(C)(C)Nc1cc(N2CCN(c3ccccn3)CC2)nc(-c2ccccc2)n1. The summed E-state index contributed by atoms with van der Waals surface area (Å²) in [5.74, 6) is 3.61. The highest BCUT2D eigenvalue weighted by Gasteiger charge is 2.21. The van der Waals surface area contributed by atoms with Crippen LogP contribution in [-0.4, -0.2) is 46.7 Å². The molecule has 3 heterocycles. The number of pyridine rings is 1. The Balaban J connectivity index is 1.59. The Morgan fingerprint density at radius 2 is 1.45 bits per heavy atom. The van der Waals surface area contributed by atoms with Crippen molar-refractivity contribution in [1.82, 2.24) is 15.0 Å². The highest BCUT2D eigenvalue weighted by Crippen LogP contribution is 2.25. The largest absolute Gasteiger partial charge is 0.365 e. The lowest BCUT2D eigenvalue weighted by atomic mass is 10.1. The van der Waals surface area contributed by atoms with Gasteiger partial charge in [0.2, 0.25) is 0 Å². The Hall–Kier alpha value is -3.15. The average molecular weight is 389 g/mol. The fourth-order valence-electron chi connectivity index (χ4n) is 3.47. The van der Waals surface area contributed by atoms with Crippen LogP contribution in [0.3, 0.4) is 0 Å². The maximum absolute atomic E-state index is 4.90. The van der Waals surface area contributed by atoms with Gasteiger partial charge < -0.3 is 15.1 Å². The van der Waals surface area contributed by atoms with Gasteiger partial charge in [-0.25, -0.2) is 15.0 Å². The molecular formula is C23H28N6. The van der Waals surface area contributed by atoms with Crippen molar-refractivity contribution in [3.05, 3.63) is 60.8 Å². The molecule has 1 N–H and O–H groups in total. The van der Waals surface area contributed by atoms with Gasteiger partial charge in [0, 0.05) is 49.5 Å². The highest BCUT2D eigenvalue weighted by atomic mass is 15.3. The molecule has 1 aliphatic heterocycles. The minimum atomic E-state index is -0.0722. The number of rotatable bonds is 4. The van der Waals surface area contributed by atoms with Gasteiger partial charge in [-0.05, 0) is 32.9 Å². The van der Waals surface area contributed by atoms with Crippen LogP contribution in [0.1, 0.15) is 20.8 Å². The number of benzene rings is 1. The first-order chi connectivity index (χ1) is 14.0. The maximum atomic E-state index is 4.90. The first-order valence-electron chi connectivity index (χ1n) is 10.1. The first-order valence-corrected chi connectivity index (χ1v) is 10.1. The molecular weight excluding hydrogens is 360 g/mol. The number of anilines is 3. The van der Waals surface area contributed by atoms with E-state index in [9.17, 15) is 0 Å². The lowest BCUT2D eigenvalue weighted by molar-refractivity contribution is 0.627. The molecule has 1 fully saturated rings. The van der Waals surface area contributed by atoms with E-state index in [2.05, 4.69) is 65.1 Å². The van der Waals surface area contributed by atoms with E-state index < -0.39 is 0 Å². The summed E-state index contributed by atoms with van der Waals surface area (Å²) in [7, 11) is 0. The van der Waals surface area contributed by atoms with Crippen molar-refractivity contribution in [3.8, 4) is 11.4 Å². The quantitative estimate of drug-likeness (QED) is 0.727. The summed E-state index contributed by atoms with van der Waals surface area (Å²) in [6.07, 6.45) is 1.85. The summed E-state index contributed by atoms with van der Waals surface area (Å²) >= 11 is 0. The lowest BCUT2D eigenvalue weighted by Gasteiger charge is -2.36. The van der Waals surface area contributed by atoms with Crippen molar-refractivity contribution >= 4 is 17.5 Å². The average Bonchev–Trinajstić information content (AvgIpc) is 2.74. The van der Waals surface area contributed by atoms with Crippen LogP contribution in [0, 0.1) is 0 Å². The third-order valence-electron chi connectivity index (χ3n) is 4.82. The zero-order valence-electron chi connectivity index (χ0n) is 17.3. The Kier molecular flexibility index (Phi) is 5.34. The minimum Gasteiger partial charge on any atom is -0.365 e. The van der Waals surface area contributed by atoms with Gasteiger partial charge in [-0.15, -0.1) is 0 Å². The van der Waals surface area contributed by atoms with Crippen LogP contribution >= 0.6 is 0 Å². The molecule has 150 valence electrons. The summed E-state index contributed by atoms with van der Waals surface area (Å²) in [5, 5.41) is 3.51. The summed E-state index contributed by atoms with van der Waals surface area (Å²) in [6.45, 7) is 10.1. The van der Waals surface area contributed by atoms with Crippen LogP contribution in [0.25, 0.3) is 11.4 Å². The van der Waals surface area contributed by atoms with E-state index in [1.54, 1.807) is 0 Å².